The average Bonchev–Trinajstić information content (AvgIpc) is 2.55. The third-order valence-electron chi connectivity index (χ3n) is 3.49. The van der Waals surface area contributed by atoms with Crippen molar-refractivity contribution in [3.8, 4) is 11.5 Å². The average molecular weight is 330 g/mol. The zero-order chi connectivity index (χ0) is 17.1. The molecule has 128 valence electrons. The van der Waals surface area contributed by atoms with E-state index in [2.05, 4.69) is 0 Å². The topological polar surface area (TPSA) is 146 Å². The number of phenolic OH excluding ortho intramolecular Hbond substituents is 1. The number of aromatic hydroxyl groups is 1. The van der Waals surface area contributed by atoms with E-state index >= 15 is 0 Å². The predicted molar refractivity (Wildman–Crippen MR) is 73.8 cm³/mol. The molecule has 1 aromatic carbocycles. The quantitative estimate of drug-likeness (QED) is 0.410. The van der Waals surface area contributed by atoms with E-state index in [-0.39, 0.29) is 17.1 Å². The Morgan fingerprint density at radius 1 is 1.22 bits per heavy atom. The van der Waals surface area contributed by atoms with Crippen LogP contribution in [0.4, 0.5) is 0 Å². The van der Waals surface area contributed by atoms with E-state index in [9.17, 15) is 25.2 Å². The summed E-state index contributed by atoms with van der Waals surface area (Å²) in [7, 11) is 1.35. The standard InChI is InChI=1S/C14H18O9/c1-21-8-3-2-6(4-7(8)16)13(20)23-14-12(19)11(18)10(17)9(5-15)22-14/h2-4,9-12,14-19H,5H2,1H3. The van der Waals surface area contributed by atoms with Gasteiger partial charge in [0.15, 0.2) is 11.5 Å². The van der Waals surface area contributed by atoms with Crippen molar-refractivity contribution < 1.29 is 44.5 Å². The summed E-state index contributed by atoms with van der Waals surface area (Å²) in [4.78, 5) is 12.0. The van der Waals surface area contributed by atoms with Crippen LogP contribution >= 0.6 is 0 Å². The van der Waals surface area contributed by atoms with E-state index < -0.39 is 43.3 Å². The Labute approximate surface area is 131 Å². The maximum absolute atomic E-state index is 12.0. The van der Waals surface area contributed by atoms with Crippen molar-refractivity contribution in [1.82, 2.24) is 0 Å². The van der Waals surface area contributed by atoms with Gasteiger partial charge < -0.3 is 39.7 Å². The minimum atomic E-state index is -1.69. The molecule has 5 unspecified atom stereocenters. The first kappa shape index (κ1) is 17.4. The number of ether oxygens (including phenoxy) is 3. The maximum Gasteiger partial charge on any atom is 0.340 e. The third-order valence-corrected chi connectivity index (χ3v) is 3.49. The lowest BCUT2D eigenvalue weighted by Crippen LogP contribution is -2.59. The summed E-state index contributed by atoms with van der Waals surface area (Å²) >= 11 is 0. The van der Waals surface area contributed by atoms with Crippen molar-refractivity contribution >= 4 is 5.97 Å². The summed E-state index contributed by atoms with van der Waals surface area (Å²) < 4.78 is 14.8. The number of rotatable bonds is 4. The SMILES string of the molecule is COc1ccc(C(=O)OC2OC(CO)C(O)C(O)C2O)cc1O. The second kappa shape index (κ2) is 7.11. The van der Waals surface area contributed by atoms with Crippen LogP contribution in [-0.4, -0.2) is 75.9 Å². The summed E-state index contributed by atoms with van der Waals surface area (Å²) in [6.07, 6.45) is -7.65. The maximum atomic E-state index is 12.0. The lowest BCUT2D eigenvalue weighted by atomic mass is 9.99. The number of esters is 1. The number of methoxy groups -OCH3 is 1. The van der Waals surface area contributed by atoms with Crippen molar-refractivity contribution in [2.75, 3.05) is 13.7 Å². The summed E-state index contributed by atoms with van der Waals surface area (Å²) in [5, 5.41) is 47.8. The number of hydrogen-bond donors (Lipinski definition) is 5. The molecule has 0 bridgehead atoms. The van der Waals surface area contributed by atoms with Crippen molar-refractivity contribution in [1.29, 1.82) is 0 Å². The fourth-order valence-electron chi connectivity index (χ4n) is 2.16. The number of benzene rings is 1. The van der Waals surface area contributed by atoms with Crippen LogP contribution in [0.2, 0.25) is 0 Å². The van der Waals surface area contributed by atoms with Crippen molar-refractivity contribution in [2.45, 2.75) is 30.7 Å². The molecule has 0 spiro atoms. The molecular formula is C14H18O9. The summed E-state index contributed by atoms with van der Waals surface area (Å²) in [5.74, 6) is -1.06. The molecule has 1 aliphatic rings. The second-order valence-corrected chi connectivity index (χ2v) is 4.99. The molecule has 23 heavy (non-hydrogen) atoms. The molecule has 0 aliphatic carbocycles. The van der Waals surface area contributed by atoms with E-state index in [0.717, 1.165) is 6.07 Å². The van der Waals surface area contributed by atoms with Crippen LogP contribution in [0.15, 0.2) is 18.2 Å². The highest BCUT2D eigenvalue weighted by atomic mass is 16.7. The minimum Gasteiger partial charge on any atom is -0.504 e. The first-order valence-electron chi connectivity index (χ1n) is 6.77. The van der Waals surface area contributed by atoms with Gasteiger partial charge in [0.05, 0.1) is 19.3 Å². The zero-order valence-corrected chi connectivity index (χ0v) is 12.2. The van der Waals surface area contributed by atoms with Gasteiger partial charge in [-0.2, -0.15) is 0 Å². The highest BCUT2D eigenvalue weighted by Crippen LogP contribution is 2.28. The lowest BCUT2D eigenvalue weighted by molar-refractivity contribution is -0.285. The van der Waals surface area contributed by atoms with Gasteiger partial charge in [-0.3, -0.25) is 0 Å². The Kier molecular flexibility index (Phi) is 5.39. The minimum absolute atomic E-state index is 0.0414. The van der Waals surface area contributed by atoms with Crippen LogP contribution in [0, 0.1) is 0 Å². The van der Waals surface area contributed by atoms with E-state index in [1.54, 1.807) is 0 Å². The van der Waals surface area contributed by atoms with Crippen molar-refractivity contribution in [3.05, 3.63) is 23.8 Å². The predicted octanol–water partition coefficient (Wildman–Crippen LogP) is -1.64. The Balaban J connectivity index is 2.11. The Bertz CT molecular complexity index is 559. The summed E-state index contributed by atoms with van der Waals surface area (Å²) in [6, 6.07) is 3.77. The van der Waals surface area contributed by atoms with Crippen LogP contribution in [0.25, 0.3) is 0 Å². The normalized spacial score (nSPS) is 30.7. The molecule has 0 aromatic heterocycles. The molecule has 2 rings (SSSR count). The Hall–Kier alpha value is -1.91. The van der Waals surface area contributed by atoms with Crippen LogP contribution in [0.1, 0.15) is 10.4 Å². The number of aliphatic hydroxyl groups is 4. The van der Waals surface area contributed by atoms with E-state index in [0.29, 0.717) is 0 Å². The fourth-order valence-corrected chi connectivity index (χ4v) is 2.16. The number of aliphatic hydroxyl groups excluding tert-OH is 4. The highest BCUT2D eigenvalue weighted by molar-refractivity contribution is 5.90. The van der Waals surface area contributed by atoms with Gasteiger partial charge in [-0.15, -0.1) is 0 Å². The Morgan fingerprint density at radius 3 is 2.48 bits per heavy atom. The number of phenols is 1. The smallest absolute Gasteiger partial charge is 0.340 e. The lowest BCUT2D eigenvalue weighted by Gasteiger charge is -2.39. The van der Waals surface area contributed by atoms with Gasteiger partial charge in [0.1, 0.15) is 24.4 Å². The van der Waals surface area contributed by atoms with E-state index in [1.807, 2.05) is 0 Å². The fraction of sp³-hybridized carbons (Fsp3) is 0.500. The molecule has 5 N–H and O–H groups in total. The molecule has 1 saturated heterocycles. The zero-order valence-electron chi connectivity index (χ0n) is 12.2. The molecule has 1 fully saturated rings. The largest absolute Gasteiger partial charge is 0.504 e. The van der Waals surface area contributed by atoms with E-state index in [1.165, 1.54) is 19.2 Å². The van der Waals surface area contributed by atoms with Crippen LogP contribution in [0.3, 0.4) is 0 Å². The van der Waals surface area contributed by atoms with Crippen molar-refractivity contribution in [3.63, 3.8) is 0 Å². The monoisotopic (exact) mass is 330 g/mol. The van der Waals surface area contributed by atoms with Crippen molar-refractivity contribution in [2.24, 2.45) is 0 Å². The first-order valence-corrected chi connectivity index (χ1v) is 6.77. The molecule has 9 heteroatoms. The first-order chi connectivity index (χ1) is 10.9. The van der Waals surface area contributed by atoms with Gasteiger partial charge >= 0.3 is 5.97 Å². The molecule has 5 atom stereocenters. The number of hydrogen-bond acceptors (Lipinski definition) is 9. The molecule has 1 aromatic rings. The molecule has 9 nitrogen and oxygen atoms in total. The number of carbonyl (C=O) groups excluding carboxylic acids is 1. The Morgan fingerprint density at radius 2 is 1.91 bits per heavy atom. The number of carbonyl (C=O) groups is 1. The molecule has 0 radical (unpaired) electrons. The highest BCUT2D eigenvalue weighted by Gasteiger charge is 2.45. The van der Waals surface area contributed by atoms with Gasteiger partial charge in [-0.05, 0) is 18.2 Å². The van der Waals surface area contributed by atoms with Gasteiger partial charge in [0.2, 0.25) is 6.29 Å². The molecule has 0 amide bonds. The molecular weight excluding hydrogens is 312 g/mol. The van der Waals surface area contributed by atoms with Crippen LogP contribution in [-0.2, 0) is 9.47 Å². The van der Waals surface area contributed by atoms with Gasteiger partial charge in [-0.25, -0.2) is 4.79 Å². The van der Waals surface area contributed by atoms with Crippen LogP contribution < -0.4 is 4.74 Å². The third kappa shape index (κ3) is 3.54. The second-order valence-electron chi connectivity index (χ2n) is 4.99. The van der Waals surface area contributed by atoms with Gasteiger partial charge in [-0.1, -0.05) is 0 Å². The summed E-state index contributed by atoms with van der Waals surface area (Å²) in [6.45, 7) is -0.637. The summed E-state index contributed by atoms with van der Waals surface area (Å²) in [5.41, 5.74) is -0.0414. The van der Waals surface area contributed by atoms with Crippen LogP contribution in [0.5, 0.6) is 11.5 Å². The molecule has 1 heterocycles. The van der Waals surface area contributed by atoms with Gasteiger partial charge in [0, 0.05) is 0 Å². The molecule has 1 aliphatic heterocycles. The van der Waals surface area contributed by atoms with Gasteiger partial charge in [0.25, 0.3) is 0 Å². The molecule has 0 saturated carbocycles. The van der Waals surface area contributed by atoms with E-state index in [4.69, 9.17) is 19.3 Å².